The average Bonchev–Trinajstić information content (AvgIpc) is 2.13. The molecule has 1 rings (SSSR count). The summed E-state index contributed by atoms with van der Waals surface area (Å²) in [5.41, 5.74) is 9.13. The van der Waals surface area contributed by atoms with Crippen molar-refractivity contribution in [2.24, 2.45) is 0 Å². The molecular weight excluding hydrogens is 162 g/mol. The van der Waals surface area contributed by atoms with Gasteiger partial charge >= 0.3 is 0 Å². The fourth-order valence-corrected chi connectivity index (χ4v) is 1.02. The predicted molar refractivity (Wildman–Crippen MR) is 57.8 cm³/mol. The van der Waals surface area contributed by atoms with Gasteiger partial charge in [-0.2, -0.15) is 0 Å². The number of rotatable bonds is 1. The normalized spacial score (nSPS) is 9.38. The largest absolute Gasteiger partial charge is 0.400 e. The summed E-state index contributed by atoms with van der Waals surface area (Å²) in [5.74, 6) is 0.567. The molecule has 0 bridgehead atoms. The first-order chi connectivity index (χ1) is 6.11. The van der Waals surface area contributed by atoms with E-state index in [0.29, 0.717) is 5.92 Å². The van der Waals surface area contributed by atoms with Crippen LogP contribution in [0.15, 0.2) is 18.2 Å². The van der Waals surface area contributed by atoms with E-state index in [1.165, 1.54) is 5.56 Å². The lowest BCUT2D eigenvalue weighted by molar-refractivity contribution is 0.399. The van der Waals surface area contributed by atoms with Gasteiger partial charge in [0.05, 0.1) is 0 Å². The second kappa shape index (κ2) is 5.60. The number of nitrogens with two attached hydrogens (primary N) is 1. The van der Waals surface area contributed by atoms with Crippen molar-refractivity contribution in [2.75, 3.05) is 12.8 Å². The topological polar surface area (TPSA) is 46.2 Å². The molecule has 2 nitrogen and oxygen atoms in total. The maximum atomic E-state index is 7.00. The van der Waals surface area contributed by atoms with E-state index in [9.17, 15) is 0 Å². The van der Waals surface area contributed by atoms with E-state index >= 15 is 0 Å². The fraction of sp³-hybridized carbons (Fsp3) is 0.455. The second-order valence-electron chi connectivity index (χ2n) is 3.27. The molecule has 0 aliphatic rings. The minimum absolute atomic E-state index is 0.567. The van der Waals surface area contributed by atoms with E-state index in [-0.39, 0.29) is 0 Å². The smallest absolute Gasteiger partial charge is 0.0346 e. The highest BCUT2D eigenvalue weighted by atomic mass is 16.2. The van der Waals surface area contributed by atoms with Crippen LogP contribution in [0.25, 0.3) is 0 Å². The Morgan fingerprint density at radius 2 is 1.77 bits per heavy atom. The summed E-state index contributed by atoms with van der Waals surface area (Å²) in [6.45, 7) is 6.37. The summed E-state index contributed by atoms with van der Waals surface area (Å²) in [4.78, 5) is 0. The molecule has 3 N–H and O–H groups in total. The Hall–Kier alpha value is -1.02. The van der Waals surface area contributed by atoms with Crippen molar-refractivity contribution in [3.63, 3.8) is 0 Å². The first-order valence-electron chi connectivity index (χ1n) is 4.42. The molecule has 0 saturated heterocycles. The van der Waals surface area contributed by atoms with Gasteiger partial charge in [0.2, 0.25) is 0 Å². The van der Waals surface area contributed by atoms with Crippen molar-refractivity contribution in [3.8, 4) is 0 Å². The second-order valence-corrected chi connectivity index (χ2v) is 3.27. The van der Waals surface area contributed by atoms with Crippen molar-refractivity contribution in [2.45, 2.75) is 26.7 Å². The monoisotopic (exact) mass is 181 g/mol. The number of aryl methyl sites for hydroxylation is 1. The van der Waals surface area contributed by atoms with Crippen molar-refractivity contribution in [1.29, 1.82) is 0 Å². The lowest BCUT2D eigenvalue weighted by Crippen LogP contribution is -1.93. The highest BCUT2D eigenvalue weighted by Crippen LogP contribution is 2.19. The maximum Gasteiger partial charge on any atom is 0.0346 e. The third-order valence-electron chi connectivity index (χ3n) is 1.97. The summed E-state index contributed by atoms with van der Waals surface area (Å²) in [5, 5.41) is 7.00. The quantitative estimate of drug-likeness (QED) is 0.653. The molecule has 0 atom stereocenters. The first-order valence-corrected chi connectivity index (χ1v) is 4.42. The lowest BCUT2D eigenvalue weighted by Gasteiger charge is -2.07. The molecule has 2 heteroatoms. The van der Waals surface area contributed by atoms with Crippen LogP contribution >= 0.6 is 0 Å². The van der Waals surface area contributed by atoms with Crippen molar-refractivity contribution in [3.05, 3.63) is 29.3 Å². The molecule has 13 heavy (non-hydrogen) atoms. The molecule has 1 aromatic carbocycles. The molecule has 1 aromatic rings. The van der Waals surface area contributed by atoms with Crippen LogP contribution in [-0.4, -0.2) is 12.2 Å². The third-order valence-corrected chi connectivity index (χ3v) is 1.97. The standard InChI is InChI=1S/C10H15N.CH4O/c1-7(2)9-5-4-8(3)10(11)6-9;1-2/h4-7H,11H2,1-3H3;2H,1H3. The summed E-state index contributed by atoms with van der Waals surface area (Å²) in [6.07, 6.45) is 0. The number of benzene rings is 1. The molecule has 0 fully saturated rings. The molecule has 0 amide bonds. The van der Waals surface area contributed by atoms with E-state index < -0.39 is 0 Å². The highest BCUT2D eigenvalue weighted by molar-refractivity contribution is 5.48. The van der Waals surface area contributed by atoms with E-state index in [1.807, 2.05) is 6.92 Å². The number of hydrogen-bond acceptors (Lipinski definition) is 2. The molecule has 0 aromatic heterocycles. The summed E-state index contributed by atoms with van der Waals surface area (Å²) in [7, 11) is 1.00. The molecule has 0 aliphatic heterocycles. The van der Waals surface area contributed by atoms with Crippen LogP contribution in [0.2, 0.25) is 0 Å². The van der Waals surface area contributed by atoms with Gasteiger partial charge in [0, 0.05) is 12.8 Å². The van der Waals surface area contributed by atoms with Gasteiger partial charge in [0.1, 0.15) is 0 Å². The van der Waals surface area contributed by atoms with Crippen LogP contribution in [0.3, 0.4) is 0 Å². The Labute approximate surface area is 80.4 Å². The zero-order chi connectivity index (χ0) is 10.4. The Morgan fingerprint density at radius 1 is 1.23 bits per heavy atom. The van der Waals surface area contributed by atoms with Gasteiger partial charge in [-0.25, -0.2) is 0 Å². The van der Waals surface area contributed by atoms with E-state index in [4.69, 9.17) is 10.8 Å². The number of aliphatic hydroxyl groups excluding tert-OH is 1. The molecule has 0 aliphatic carbocycles. The Kier molecular flexibility index (Phi) is 5.16. The molecule has 74 valence electrons. The fourth-order valence-electron chi connectivity index (χ4n) is 1.02. The Bertz CT molecular complexity index is 256. The van der Waals surface area contributed by atoms with Crippen LogP contribution in [0.1, 0.15) is 30.9 Å². The number of hydrogen-bond donors (Lipinski definition) is 2. The summed E-state index contributed by atoms with van der Waals surface area (Å²) >= 11 is 0. The molecule has 0 spiro atoms. The molecular formula is C11H19NO. The Balaban J connectivity index is 0.000000671. The summed E-state index contributed by atoms with van der Waals surface area (Å²) in [6, 6.07) is 6.26. The minimum atomic E-state index is 0.567. The maximum absolute atomic E-state index is 7.00. The first kappa shape index (κ1) is 12.0. The van der Waals surface area contributed by atoms with Crippen LogP contribution in [0.5, 0.6) is 0 Å². The van der Waals surface area contributed by atoms with Gasteiger partial charge in [-0.1, -0.05) is 26.0 Å². The van der Waals surface area contributed by atoms with Crippen LogP contribution in [-0.2, 0) is 0 Å². The zero-order valence-corrected chi connectivity index (χ0v) is 8.83. The number of anilines is 1. The molecule has 0 radical (unpaired) electrons. The predicted octanol–water partition coefficient (Wildman–Crippen LogP) is 2.31. The number of aliphatic hydroxyl groups is 1. The van der Waals surface area contributed by atoms with Gasteiger partial charge in [-0.05, 0) is 30.0 Å². The van der Waals surface area contributed by atoms with Gasteiger partial charge in [-0.15, -0.1) is 0 Å². The van der Waals surface area contributed by atoms with Crippen LogP contribution in [0, 0.1) is 6.92 Å². The van der Waals surface area contributed by atoms with Crippen molar-refractivity contribution in [1.82, 2.24) is 0 Å². The third kappa shape index (κ3) is 3.47. The highest BCUT2D eigenvalue weighted by Gasteiger charge is 1.99. The van der Waals surface area contributed by atoms with E-state index in [1.54, 1.807) is 0 Å². The molecule has 0 saturated carbocycles. The number of nitrogen functional groups attached to an aromatic ring is 1. The zero-order valence-electron chi connectivity index (χ0n) is 8.83. The van der Waals surface area contributed by atoms with Gasteiger partial charge < -0.3 is 10.8 Å². The Morgan fingerprint density at radius 3 is 2.15 bits per heavy atom. The van der Waals surface area contributed by atoms with E-state index in [2.05, 4.69) is 32.0 Å². The van der Waals surface area contributed by atoms with Crippen LogP contribution in [0.4, 0.5) is 5.69 Å². The van der Waals surface area contributed by atoms with Gasteiger partial charge in [0.15, 0.2) is 0 Å². The minimum Gasteiger partial charge on any atom is -0.400 e. The molecule has 0 heterocycles. The molecule has 0 unspecified atom stereocenters. The van der Waals surface area contributed by atoms with Crippen molar-refractivity contribution >= 4 is 5.69 Å². The van der Waals surface area contributed by atoms with E-state index in [0.717, 1.165) is 18.4 Å². The van der Waals surface area contributed by atoms with Gasteiger partial charge in [-0.3, -0.25) is 0 Å². The SMILES string of the molecule is CO.Cc1ccc(C(C)C)cc1N. The average molecular weight is 181 g/mol. The van der Waals surface area contributed by atoms with Gasteiger partial charge in [0.25, 0.3) is 0 Å². The van der Waals surface area contributed by atoms with Crippen LogP contribution < -0.4 is 5.73 Å². The lowest BCUT2D eigenvalue weighted by atomic mass is 10.0. The van der Waals surface area contributed by atoms with Crippen molar-refractivity contribution < 1.29 is 5.11 Å². The summed E-state index contributed by atoms with van der Waals surface area (Å²) < 4.78 is 0.